The molecule has 1 saturated heterocycles. The molecule has 1 aromatic rings. The van der Waals surface area contributed by atoms with E-state index < -0.39 is 0 Å². The number of hydrogen-bond acceptors (Lipinski definition) is 3. The van der Waals surface area contributed by atoms with Crippen LogP contribution >= 0.6 is 0 Å². The standard InChI is InChI=1S/C14H23N3/c1-12(15)14-8-7-13(11-16-14)17-9-5-3-2-4-6-10-17/h7-8,11-12H,2-6,9-10,15H2,1H3. The monoisotopic (exact) mass is 233 g/mol. The minimum atomic E-state index is 0.0244. The van der Waals surface area contributed by atoms with Gasteiger partial charge in [0, 0.05) is 19.1 Å². The predicted molar refractivity (Wildman–Crippen MR) is 72.1 cm³/mol. The second kappa shape index (κ2) is 6.01. The molecule has 0 aliphatic carbocycles. The highest BCUT2D eigenvalue weighted by atomic mass is 15.1. The Morgan fingerprint density at radius 3 is 2.29 bits per heavy atom. The second-order valence-electron chi connectivity index (χ2n) is 4.98. The second-order valence-corrected chi connectivity index (χ2v) is 4.98. The first-order chi connectivity index (χ1) is 8.27. The zero-order valence-electron chi connectivity index (χ0n) is 10.7. The number of pyridine rings is 1. The normalized spacial score (nSPS) is 19.5. The van der Waals surface area contributed by atoms with Crippen LogP contribution in [0.3, 0.4) is 0 Å². The van der Waals surface area contributed by atoms with Crippen LogP contribution in [0.4, 0.5) is 5.69 Å². The first-order valence-electron chi connectivity index (χ1n) is 6.74. The maximum absolute atomic E-state index is 5.81. The largest absolute Gasteiger partial charge is 0.370 e. The van der Waals surface area contributed by atoms with Gasteiger partial charge in [0.15, 0.2) is 0 Å². The summed E-state index contributed by atoms with van der Waals surface area (Å²) in [6.07, 6.45) is 8.70. The van der Waals surface area contributed by atoms with Gasteiger partial charge in [-0.25, -0.2) is 0 Å². The fourth-order valence-corrected chi connectivity index (χ4v) is 2.36. The van der Waals surface area contributed by atoms with Crippen LogP contribution in [-0.4, -0.2) is 18.1 Å². The number of anilines is 1. The van der Waals surface area contributed by atoms with Gasteiger partial charge in [-0.1, -0.05) is 19.3 Å². The Labute approximate surface area is 104 Å². The predicted octanol–water partition coefficient (Wildman–Crippen LogP) is 2.87. The van der Waals surface area contributed by atoms with E-state index in [0.29, 0.717) is 0 Å². The molecule has 0 saturated carbocycles. The smallest absolute Gasteiger partial charge is 0.0569 e. The van der Waals surface area contributed by atoms with Crippen molar-refractivity contribution in [3.05, 3.63) is 24.0 Å². The summed E-state index contributed by atoms with van der Waals surface area (Å²) >= 11 is 0. The summed E-state index contributed by atoms with van der Waals surface area (Å²) in [4.78, 5) is 6.90. The van der Waals surface area contributed by atoms with E-state index in [9.17, 15) is 0 Å². The number of rotatable bonds is 2. The highest BCUT2D eigenvalue weighted by Gasteiger charge is 2.09. The van der Waals surface area contributed by atoms with Crippen molar-refractivity contribution < 1.29 is 0 Å². The van der Waals surface area contributed by atoms with Crippen molar-refractivity contribution in [2.45, 2.75) is 45.1 Å². The lowest BCUT2D eigenvalue weighted by Gasteiger charge is -2.26. The molecule has 1 atom stereocenters. The topological polar surface area (TPSA) is 42.1 Å². The van der Waals surface area contributed by atoms with Gasteiger partial charge in [-0.05, 0) is 31.9 Å². The van der Waals surface area contributed by atoms with Crippen molar-refractivity contribution in [1.82, 2.24) is 4.98 Å². The number of aromatic nitrogens is 1. The molecule has 3 nitrogen and oxygen atoms in total. The fraction of sp³-hybridized carbons (Fsp3) is 0.643. The van der Waals surface area contributed by atoms with Crippen LogP contribution in [0.2, 0.25) is 0 Å². The van der Waals surface area contributed by atoms with Crippen LogP contribution in [0.25, 0.3) is 0 Å². The van der Waals surface area contributed by atoms with Crippen LogP contribution in [0.1, 0.15) is 50.8 Å². The molecular formula is C14H23N3. The third-order valence-corrected chi connectivity index (χ3v) is 3.46. The molecule has 0 amide bonds. The van der Waals surface area contributed by atoms with Crippen LogP contribution in [0.5, 0.6) is 0 Å². The molecular weight excluding hydrogens is 210 g/mol. The summed E-state index contributed by atoms with van der Waals surface area (Å²) in [5.41, 5.74) is 8.03. The van der Waals surface area contributed by atoms with Gasteiger partial charge in [-0.2, -0.15) is 0 Å². The fourth-order valence-electron chi connectivity index (χ4n) is 2.36. The van der Waals surface area contributed by atoms with Gasteiger partial charge >= 0.3 is 0 Å². The van der Waals surface area contributed by atoms with Crippen LogP contribution in [0, 0.1) is 0 Å². The first kappa shape index (κ1) is 12.4. The molecule has 1 fully saturated rings. The molecule has 1 aliphatic rings. The lowest BCUT2D eigenvalue weighted by Crippen LogP contribution is -2.27. The van der Waals surface area contributed by atoms with E-state index in [0.717, 1.165) is 5.69 Å². The van der Waals surface area contributed by atoms with Gasteiger partial charge < -0.3 is 10.6 Å². The molecule has 1 aliphatic heterocycles. The van der Waals surface area contributed by atoms with Gasteiger partial charge in [-0.15, -0.1) is 0 Å². The molecule has 0 radical (unpaired) electrons. The molecule has 2 heterocycles. The van der Waals surface area contributed by atoms with Crippen LogP contribution < -0.4 is 10.6 Å². The molecule has 17 heavy (non-hydrogen) atoms. The quantitative estimate of drug-likeness (QED) is 0.854. The molecule has 2 N–H and O–H groups in total. The van der Waals surface area contributed by atoms with Crippen LogP contribution in [-0.2, 0) is 0 Å². The average molecular weight is 233 g/mol. The van der Waals surface area contributed by atoms with Crippen molar-refractivity contribution >= 4 is 5.69 Å². The third kappa shape index (κ3) is 3.43. The van der Waals surface area contributed by atoms with Crippen molar-refractivity contribution in [3.63, 3.8) is 0 Å². The Morgan fingerprint density at radius 2 is 1.76 bits per heavy atom. The van der Waals surface area contributed by atoms with Gasteiger partial charge in [0.05, 0.1) is 17.6 Å². The lowest BCUT2D eigenvalue weighted by molar-refractivity contribution is 0.556. The lowest BCUT2D eigenvalue weighted by atomic mass is 10.1. The average Bonchev–Trinajstić information content (AvgIpc) is 2.29. The van der Waals surface area contributed by atoms with E-state index >= 15 is 0 Å². The molecule has 3 heteroatoms. The summed E-state index contributed by atoms with van der Waals surface area (Å²) in [6.45, 7) is 4.30. The molecule has 0 aromatic carbocycles. The molecule has 1 aromatic heterocycles. The maximum Gasteiger partial charge on any atom is 0.0569 e. The summed E-state index contributed by atoms with van der Waals surface area (Å²) < 4.78 is 0. The van der Waals surface area contributed by atoms with Crippen molar-refractivity contribution in [1.29, 1.82) is 0 Å². The molecule has 2 rings (SSSR count). The summed E-state index contributed by atoms with van der Waals surface area (Å²) in [5.74, 6) is 0. The Hall–Kier alpha value is -1.09. The Kier molecular flexibility index (Phi) is 4.37. The highest BCUT2D eigenvalue weighted by molar-refractivity contribution is 5.44. The van der Waals surface area contributed by atoms with E-state index in [2.05, 4.69) is 22.0 Å². The molecule has 94 valence electrons. The van der Waals surface area contributed by atoms with E-state index in [4.69, 9.17) is 5.73 Å². The van der Waals surface area contributed by atoms with E-state index in [1.165, 1.54) is 50.9 Å². The summed E-state index contributed by atoms with van der Waals surface area (Å²) in [7, 11) is 0. The summed E-state index contributed by atoms with van der Waals surface area (Å²) in [6, 6.07) is 4.24. The zero-order valence-corrected chi connectivity index (χ0v) is 10.7. The number of nitrogens with two attached hydrogens (primary N) is 1. The number of nitrogens with zero attached hydrogens (tertiary/aromatic N) is 2. The highest BCUT2D eigenvalue weighted by Crippen LogP contribution is 2.19. The first-order valence-corrected chi connectivity index (χ1v) is 6.74. The summed E-state index contributed by atoms with van der Waals surface area (Å²) in [5, 5.41) is 0. The Bertz CT molecular complexity index is 324. The molecule has 0 bridgehead atoms. The van der Waals surface area contributed by atoms with E-state index in [1.807, 2.05) is 13.1 Å². The molecule has 1 unspecified atom stereocenters. The Balaban J connectivity index is 2.04. The van der Waals surface area contributed by atoms with Gasteiger partial charge in [0.1, 0.15) is 0 Å². The van der Waals surface area contributed by atoms with Gasteiger partial charge in [0.25, 0.3) is 0 Å². The van der Waals surface area contributed by atoms with Gasteiger partial charge in [0.2, 0.25) is 0 Å². The Morgan fingerprint density at radius 1 is 1.12 bits per heavy atom. The van der Waals surface area contributed by atoms with Crippen molar-refractivity contribution in [3.8, 4) is 0 Å². The zero-order chi connectivity index (χ0) is 12.1. The van der Waals surface area contributed by atoms with E-state index in [1.54, 1.807) is 0 Å². The maximum atomic E-state index is 5.81. The third-order valence-electron chi connectivity index (χ3n) is 3.46. The van der Waals surface area contributed by atoms with Gasteiger partial charge in [-0.3, -0.25) is 4.98 Å². The van der Waals surface area contributed by atoms with Crippen LogP contribution in [0.15, 0.2) is 18.3 Å². The van der Waals surface area contributed by atoms with E-state index in [-0.39, 0.29) is 6.04 Å². The van der Waals surface area contributed by atoms with Crippen molar-refractivity contribution in [2.75, 3.05) is 18.0 Å². The molecule has 0 spiro atoms. The minimum absolute atomic E-state index is 0.0244. The van der Waals surface area contributed by atoms with Crippen molar-refractivity contribution in [2.24, 2.45) is 5.73 Å². The number of hydrogen-bond donors (Lipinski definition) is 1. The minimum Gasteiger partial charge on any atom is -0.370 e. The SMILES string of the molecule is CC(N)c1ccc(N2CCCCCCC2)cn1.